The molecule has 0 aromatic heterocycles. The maximum absolute atomic E-state index is 12.9. The largest absolute Gasteiger partial charge is 0.462 e. The highest BCUT2D eigenvalue weighted by atomic mass is 16.6. The Balaban J connectivity index is 4.14. The van der Waals surface area contributed by atoms with E-state index in [0.717, 1.165) is 70.6 Å². The zero-order valence-corrected chi connectivity index (χ0v) is 52.5. The highest BCUT2D eigenvalue weighted by molar-refractivity contribution is 5.71. The van der Waals surface area contributed by atoms with Crippen LogP contribution in [0.2, 0.25) is 0 Å². The SMILES string of the molecule is CCCCC/C=C\CCCCCCCC(=O)OCC(COC(=O)CCCCCCCCCCCCCCCCCCCCC/C=C\C/C=C\CCCCCCC)OC(=O)CCCCCCCCC/C=C\CCCCCCCC. The van der Waals surface area contributed by atoms with Gasteiger partial charge in [0.1, 0.15) is 13.2 Å². The molecule has 0 aromatic carbocycles. The monoisotopic (exact) mass is 1090 g/mol. The molecular weight excluding hydrogens is 961 g/mol. The number of hydrogen-bond acceptors (Lipinski definition) is 6. The summed E-state index contributed by atoms with van der Waals surface area (Å²) in [6, 6.07) is 0. The third-order valence-electron chi connectivity index (χ3n) is 15.5. The van der Waals surface area contributed by atoms with E-state index in [9.17, 15) is 14.4 Å². The van der Waals surface area contributed by atoms with Crippen molar-refractivity contribution in [3.8, 4) is 0 Å². The number of ether oxygens (including phenoxy) is 3. The Labute approximate surface area is 486 Å². The first kappa shape index (κ1) is 75.4. The lowest BCUT2D eigenvalue weighted by Crippen LogP contribution is -2.30. The van der Waals surface area contributed by atoms with Gasteiger partial charge in [-0.1, -0.05) is 301 Å². The van der Waals surface area contributed by atoms with Gasteiger partial charge in [0.05, 0.1) is 0 Å². The molecule has 1 unspecified atom stereocenters. The topological polar surface area (TPSA) is 78.9 Å². The standard InChI is InChI=1S/C72H132O6/c1-4-7-10-13-16-19-22-25-27-29-30-31-32-33-34-35-36-37-38-39-40-41-42-44-45-47-50-53-56-59-62-65-71(74)77-68-69(67-76-70(73)64-61-58-55-52-49-24-21-18-15-12-9-6-3)78-72(75)66-63-60-57-54-51-48-46-43-28-26-23-20-17-14-11-8-5-2/h18,21-22,25-26,28-30,69H,4-17,19-20,23-24,27,31-68H2,1-3H3/b21-18-,25-22-,28-26-,30-29-. The van der Waals surface area contributed by atoms with Crippen molar-refractivity contribution in [2.24, 2.45) is 0 Å². The molecule has 6 heteroatoms. The lowest BCUT2D eigenvalue weighted by molar-refractivity contribution is -0.167. The van der Waals surface area contributed by atoms with Crippen LogP contribution in [0, 0.1) is 0 Å². The van der Waals surface area contributed by atoms with Crippen LogP contribution in [0.3, 0.4) is 0 Å². The van der Waals surface area contributed by atoms with E-state index in [4.69, 9.17) is 14.2 Å². The van der Waals surface area contributed by atoms with Crippen LogP contribution in [-0.2, 0) is 28.6 Å². The second-order valence-corrected chi connectivity index (χ2v) is 23.4. The van der Waals surface area contributed by atoms with Crippen LogP contribution < -0.4 is 0 Å². The highest BCUT2D eigenvalue weighted by Gasteiger charge is 2.19. The Morgan fingerprint density at radius 2 is 0.462 bits per heavy atom. The minimum absolute atomic E-state index is 0.0735. The van der Waals surface area contributed by atoms with Crippen molar-refractivity contribution < 1.29 is 28.6 Å². The molecule has 6 nitrogen and oxygen atoms in total. The average Bonchev–Trinajstić information content (AvgIpc) is 3.44. The molecule has 0 aliphatic carbocycles. The Morgan fingerprint density at radius 1 is 0.256 bits per heavy atom. The summed E-state index contributed by atoms with van der Waals surface area (Å²) in [5.74, 6) is -0.865. The van der Waals surface area contributed by atoms with Crippen molar-refractivity contribution in [1.82, 2.24) is 0 Å². The van der Waals surface area contributed by atoms with E-state index in [0.29, 0.717) is 19.3 Å². The first-order chi connectivity index (χ1) is 38.5. The van der Waals surface area contributed by atoms with Crippen molar-refractivity contribution in [2.45, 2.75) is 380 Å². The van der Waals surface area contributed by atoms with Crippen LogP contribution in [0.15, 0.2) is 48.6 Å². The zero-order valence-electron chi connectivity index (χ0n) is 52.5. The fraction of sp³-hybridized carbons (Fsp3) is 0.847. The molecule has 0 bridgehead atoms. The molecule has 0 aromatic rings. The van der Waals surface area contributed by atoms with Crippen LogP contribution in [0.5, 0.6) is 0 Å². The number of allylic oxidation sites excluding steroid dienone is 8. The quantitative estimate of drug-likeness (QED) is 0.0261. The lowest BCUT2D eigenvalue weighted by Gasteiger charge is -2.18. The molecule has 78 heavy (non-hydrogen) atoms. The van der Waals surface area contributed by atoms with Crippen LogP contribution in [0.1, 0.15) is 374 Å². The second kappa shape index (κ2) is 66.9. The summed E-state index contributed by atoms with van der Waals surface area (Å²) in [5.41, 5.74) is 0. The van der Waals surface area contributed by atoms with E-state index in [2.05, 4.69) is 69.4 Å². The van der Waals surface area contributed by atoms with Gasteiger partial charge < -0.3 is 14.2 Å². The van der Waals surface area contributed by atoms with Crippen molar-refractivity contribution in [2.75, 3.05) is 13.2 Å². The minimum Gasteiger partial charge on any atom is -0.462 e. The number of hydrogen-bond donors (Lipinski definition) is 0. The van der Waals surface area contributed by atoms with E-state index in [-0.39, 0.29) is 31.1 Å². The molecule has 0 heterocycles. The summed E-state index contributed by atoms with van der Waals surface area (Å²) in [5, 5.41) is 0. The van der Waals surface area contributed by atoms with Gasteiger partial charge in [-0.15, -0.1) is 0 Å². The summed E-state index contributed by atoms with van der Waals surface area (Å²) < 4.78 is 16.9. The summed E-state index contributed by atoms with van der Waals surface area (Å²) in [6.45, 7) is 6.64. The molecule has 1 atom stereocenters. The molecule has 0 aliphatic rings. The summed E-state index contributed by atoms with van der Waals surface area (Å²) in [6.07, 6.45) is 84.3. The molecule has 0 saturated carbocycles. The van der Waals surface area contributed by atoms with Crippen molar-refractivity contribution in [1.29, 1.82) is 0 Å². The van der Waals surface area contributed by atoms with Crippen molar-refractivity contribution >= 4 is 17.9 Å². The average molecular weight is 1090 g/mol. The van der Waals surface area contributed by atoms with Gasteiger partial charge in [0, 0.05) is 19.3 Å². The van der Waals surface area contributed by atoms with Crippen LogP contribution in [-0.4, -0.2) is 37.2 Å². The number of rotatable bonds is 64. The Hall–Kier alpha value is -2.63. The Bertz CT molecular complexity index is 1350. The van der Waals surface area contributed by atoms with E-state index in [1.807, 2.05) is 0 Å². The van der Waals surface area contributed by atoms with E-state index in [1.54, 1.807) is 0 Å². The normalized spacial score (nSPS) is 12.3. The molecule has 0 aliphatic heterocycles. The predicted molar refractivity (Wildman–Crippen MR) is 339 cm³/mol. The number of carbonyl (C=O) groups excluding carboxylic acids is 3. The maximum Gasteiger partial charge on any atom is 0.306 e. The fourth-order valence-electron chi connectivity index (χ4n) is 10.3. The van der Waals surface area contributed by atoms with Gasteiger partial charge in [-0.2, -0.15) is 0 Å². The van der Waals surface area contributed by atoms with Gasteiger partial charge in [-0.05, 0) is 103 Å². The smallest absolute Gasteiger partial charge is 0.306 e. The molecule has 0 radical (unpaired) electrons. The van der Waals surface area contributed by atoms with Gasteiger partial charge in [0.2, 0.25) is 0 Å². The Morgan fingerprint density at radius 3 is 0.744 bits per heavy atom. The minimum atomic E-state index is -0.777. The van der Waals surface area contributed by atoms with Gasteiger partial charge in [0.25, 0.3) is 0 Å². The molecule has 0 fully saturated rings. The summed E-state index contributed by atoms with van der Waals surface area (Å²) in [4.78, 5) is 38.3. The van der Waals surface area contributed by atoms with E-state index < -0.39 is 6.10 Å². The zero-order chi connectivity index (χ0) is 56.4. The molecular formula is C72H132O6. The fourth-order valence-corrected chi connectivity index (χ4v) is 10.3. The molecule has 0 amide bonds. The predicted octanol–water partition coefficient (Wildman–Crippen LogP) is 23.7. The van der Waals surface area contributed by atoms with Crippen LogP contribution >= 0.6 is 0 Å². The highest BCUT2D eigenvalue weighted by Crippen LogP contribution is 2.18. The lowest BCUT2D eigenvalue weighted by atomic mass is 10.0. The number of esters is 3. The molecule has 0 saturated heterocycles. The summed E-state index contributed by atoms with van der Waals surface area (Å²) >= 11 is 0. The van der Waals surface area contributed by atoms with Crippen molar-refractivity contribution in [3.05, 3.63) is 48.6 Å². The first-order valence-electron chi connectivity index (χ1n) is 34.6. The van der Waals surface area contributed by atoms with Gasteiger partial charge in [-0.25, -0.2) is 0 Å². The van der Waals surface area contributed by atoms with Crippen LogP contribution in [0.25, 0.3) is 0 Å². The van der Waals surface area contributed by atoms with E-state index in [1.165, 1.54) is 263 Å². The van der Waals surface area contributed by atoms with Gasteiger partial charge in [-0.3, -0.25) is 14.4 Å². The van der Waals surface area contributed by atoms with Crippen LogP contribution in [0.4, 0.5) is 0 Å². The van der Waals surface area contributed by atoms with Crippen molar-refractivity contribution in [3.63, 3.8) is 0 Å². The number of carbonyl (C=O) groups is 3. The third-order valence-corrected chi connectivity index (χ3v) is 15.5. The molecule has 0 rings (SSSR count). The third kappa shape index (κ3) is 64.2. The second-order valence-electron chi connectivity index (χ2n) is 23.4. The van der Waals surface area contributed by atoms with Gasteiger partial charge in [0.15, 0.2) is 6.10 Å². The molecule has 0 spiro atoms. The first-order valence-corrected chi connectivity index (χ1v) is 34.6. The van der Waals surface area contributed by atoms with E-state index >= 15 is 0 Å². The Kier molecular flexibility index (Phi) is 64.6. The number of unbranched alkanes of at least 4 members (excludes halogenated alkanes) is 45. The molecule has 0 N–H and O–H groups in total. The van der Waals surface area contributed by atoms with Gasteiger partial charge >= 0.3 is 17.9 Å². The maximum atomic E-state index is 12.9. The summed E-state index contributed by atoms with van der Waals surface area (Å²) in [7, 11) is 0. The molecule has 456 valence electrons.